The minimum atomic E-state index is -3.09. The molecule has 1 N–H and O–H groups in total. The van der Waals surface area contributed by atoms with Crippen molar-refractivity contribution in [2.24, 2.45) is 0 Å². The molecule has 0 bridgehead atoms. The SMILES string of the molecule is CCCN(C)S(=O)(=O)C(C)CNC. The van der Waals surface area contributed by atoms with Gasteiger partial charge < -0.3 is 5.32 Å². The normalized spacial score (nSPS) is 14.8. The van der Waals surface area contributed by atoms with Crippen molar-refractivity contribution in [3.05, 3.63) is 0 Å². The zero-order valence-corrected chi connectivity index (χ0v) is 9.69. The van der Waals surface area contributed by atoms with Gasteiger partial charge in [-0.1, -0.05) is 6.92 Å². The molecule has 0 aliphatic carbocycles. The molecule has 0 rings (SSSR count). The maximum Gasteiger partial charge on any atom is 0.217 e. The molecule has 0 aromatic heterocycles. The molecule has 0 fully saturated rings. The van der Waals surface area contributed by atoms with Crippen molar-refractivity contribution in [1.82, 2.24) is 9.62 Å². The van der Waals surface area contributed by atoms with Crippen LogP contribution in [0.4, 0.5) is 0 Å². The van der Waals surface area contributed by atoms with E-state index in [0.717, 1.165) is 6.42 Å². The maximum absolute atomic E-state index is 11.7. The van der Waals surface area contributed by atoms with Crippen molar-refractivity contribution in [3.63, 3.8) is 0 Å². The number of nitrogens with one attached hydrogen (secondary N) is 1. The lowest BCUT2D eigenvalue weighted by atomic mass is 10.5. The Bertz CT molecular complexity index is 208. The summed E-state index contributed by atoms with van der Waals surface area (Å²) < 4.78 is 24.8. The van der Waals surface area contributed by atoms with Gasteiger partial charge in [0.25, 0.3) is 0 Å². The molecular weight excluding hydrogens is 188 g/mol. The third kappa shape index (κ3) is 3.62. The van der Waals surface area contributed by atoms with Crippen LogP contribution in [0.25, 0.3) is 0 Å². The van der Waals surface area contributed by atoms with Crippen LogP contribution in [0.5, 0.6) is 0 Å². The number of hydrogen-bond acceptors (Lipinski definition) is 3. The Morgan fingerprint density at radius 1 is 1.46 bits per heavy atom. The summed E-state index contributed by atoms with van der Waals surface area (Å²) in [5, 5.41) is 2.51. The minimum Gasteiger partial charge on any atom is -0.318 e. The topological polar surface area (TPSA) is 49.4 Å². The molecule has 5 heteroatoms. The van der Waals surface area contributed by atoms with Gasteiger partial charge in [-0.15, -0.1) is 0 Å². The minimum absolute atomic E-state index is 0.353. The molecule has 0 heterocycles. The van der Waals surface area contributed by atoms with Crippen molar-refractivity contribution < 1.29 is 8.42 Å². The summed E-state index contributed by atoms with van der Waals surface area (Å²) in [5.41, 5.74) is 0. The second kappa shape index (κ2) is 5.57. The predicted octanol–water partition coefficient (Wildman–Crippen LogP) is 0.266. The summed E-state index contributed by atoms with van der Waals surface area (Å²) in [4.78, 5) is 0. The highest BCUT2D eigenvalue weighted by Crippen LogP contribution is 2.06. The summed E-state index contributed by atoms with van der Waals surface area (Å²) in [6.45, 7) is 4.78. The summed E-state index contributed by atoms with van der Waals surface area (Å²) in [7, 11) is 0.293. The summed E-state index contributed by atoms with van der Waals surface area (Å²) in [5.74, 6) is 0. The first-order chi connectivity index (χ1) is 5.96. The van der Waals surface area contributed by atoms with Gasteiger partial charge in [-0.05, 0) is 20.4 Å². The number of hydrogen-bond donors (Lipinski definition) is 1. The van der Waals surface area contributed by atoms with Crippen molar-refractivity contribution in [2.75, 3.05) is 27.2 Å². The van der Waals surface area contributed by atoms with E-state index < -0.39 is 10.0 Å². The zero-order chi connectivity index (χ0) is 10.5. The lowest BCUT2D eigenvalue weighted by molar-refractivity contribution is 0.457. The largest absolute Gasteiger partial charge is 0.318 e. The highest BCUT2D eigenvalue weighted by molar-refractivity contribution is 7.89. The van der Waals surface area contributed by atoms with Gasteiger partial charge >= 0.3 is 0 Å². The lowest BCUT2D eigenvalue weighted by Crippen LogP contribution is -2.39. The van der Waals surface area contributed by atoms with Crippen LogP contribution < -0.4 is 5.32 Å². The Morgan fingerprint density at radius 3 is 2.38 bits per heavy atom. The molecule has 0 aliphatic heterocycles. The van der Waals surface area contributed by atoms with E-state index in [1.807, 2.05) is 6.92 Å². The van der Waals surface area contributed by atoms with Crippen molar-refractivity contribution in [1.29, 1.82) is 0 Å². The van der Waals surface area contributed by atoms with Crippen LogP contribution in [0.3, 0.4) is 0 Å². The average Bonchev–Trinajstić information content (AvgIpc) is 2.05. The van der Waals surface area contributed by atoms with Crippen LogP contribution in [0, 0.1) is 0 Å². The summed E-state index contributed by atoms with van der Waals surface area (Å²) >= 11 is 0. The Balaban J connectivity index is 4.37. The first kappa shape index (κ1) is 12.9. The lowest BCUT2D eigenvalue weighted by Gasteiger charge is -2.21. The molecule has 0 aliphatic rings. The monoisotopic (exact) mass is 208 g/mol. The predicted molar refractivity (Wildman–Crippen MR) is 55.2 cm³/mol. The number of nitrogens with zero attached hydrogens (tertiary/aromatic N) is 1. The quantitative estimate of drug-likeness (QED) is 0.681. The molecule has 0 spiro atoms. The number of sulfonamides is 1. The van der Waals surface area contributed by atoms with Gasteiger partial charge in [0.15, 0.2) is 0 Å². The molecule has 1 atom stereocenters. The van der Waals surface area contributed by atoms with Gasteiger partial charge in [-0.3, -0.25) is 0 Å². The smallest absolute Gasteiger partial charge is 0.217 e. The van der Waals surface area contributed by atoms with Crippen LogP contribution in [0.2, 0.25) is 0 Å². The standard InChI is InChI=1S/C8H20N2O2S/c1-5-6-10(4)13(11,12)8(2)7-9-3/h8-9H,5-7H2,1-4H3. The second-order valence-electron chi connectivity index (χ2n) is 3.23. The number of rotatable bonds is 6. The summed E-state index contributed by atoms with van der Waals surface area (Å²) in [6, 6.07) is 0. The van der Waals surface area contributed by atoms with E-state index in [1.54, 1.807) is 21.0 Å². The third-order valence-corrected chi connectivity index (χ3v) is 4.21. The Hall–Kier alpha value is -0.130. The first-order valence-electron chi connectivity index (χ1n) is 4.56. The van der Waals surface area contributed by atoms with Crippen LogP contribution in [-0.2, 0) is 10.0 Å². The molecule has 0 aromatic carbocycles. The maximum atomic E-state index is 11.7. The average molecular weight is 208 g/mol. The molecule has 0 amide bonds. The second-order valence-corrected chi connectivity index (χ2v) is 5.69. The fraction of sp³-hybridized carbons (Fsp3) is 1.00. The van der Waals surface area contributed by atoms with Crippen molar-refractivity contribution >= 4 is 10.0 Å². The Labute approximate surface area is 81.4 Å². The van der Waals surface area contributed by atoms with Crippen LogP contribution in [0.15, 0.2) is 0 Å². The van der Waals surface area contributed by atoms with Gasteiger partial charge in [0, 0.05) is 20.1 Å². The van der Waals surface area contributed by atoms with E-state index in [4.69, 9.17) is 0 Å². The van der Waals surface area contributed by atoms with E-state index in [1.165, 1.54) is 4.31 Å². The van der Waals surface area contributed by atoms with Crippen LogP contribution in [-0.4, -0.2) is 45.2 Å². The van der Waals surface area contributed by atoms with Gasteiger partial charge in [0.2, 0.25) is 10.0 Å². The fourth-order valence-electron chi connectivity index (χ4n) is 1.14. The molecule has 0 aromatic rings. The highest BCUT2D eigenvalue weighted by Gasteiger charge is 2.24. The van der Waals surface area contributed by atoms with Gasteiger partial charge in [0.05, 0.1) is 5.25 Å². The van der Waals surface area contributed by atoms with Crippen molar-refractivity contribution in [3.8, 4) is 0 Å². The first-order valence-corrected chi connectivity index (χ1v) is 6.06. The third-order valence-electron chi connectivity index (χ3n) is 1.97. The Kier molecular flexibility index (Phi) is 5.51. The molecule has 1 unspecified atom stereocenters. The van der Waals surface area contributed by atoms with Gasteiger partial charge in [0.1, 0.15) is 0 Å². The molecular formula is C8H20N2O2S. The zero-order valence-electron chi connectivity index (χ0n) is 8.87. The molecule has 0 radical (unpaired) electrons. The van der Waals surface area contributed by atoms with Crippen molar-refractivity contribution in [2.45, 2.75) is 25.5 Å². The molecule has 80 valence electrons. The van der Waals surface area contributed by atoms with Gasteiger partial charge in [-0.2, -0.15) is 0 Å². The van der Waals surface area contributed by atoms with E-state index in [2.05, 4.69) is 5.32 Å². The fourth-order valence-corrected chi connectivity index (χ4v) is 2.57. The van der Waals surface area contributed by atoms with E-state index in [9.17, 15) is 8.42 Å². The molecule has 4 nitrogen and oxygen atoms in total. The van der Waals surface area contributed by atoms with E-state index >= 15 is 0 Å². The summed E-state index contributed by atoms with van der Waals surface area (Å²) in [6.07, 6.45) is 0.849. The molecule has 0 saturated heterocycles. The molecule has 0 saturated carbocycles. The van der Waals surface area contributed by atoms with Gasteiger partial charge in [-0.25, -0.2) is 12.7 Å². The van der Waals surface area contributed by atoms with E-state index in [-0.39, 0.29) is 5.25 Å². The van der Waals surface area contributed by atoms with Crippen LogP contribution in [0.1, 0.15) is 20.3 Å². The van der Waals surface area contributed by atoms with Crippen LogP contribution >= 0.6 is 0 Å². The van der Waals surface area contributed by atoms with E-state index in [0.29, 0.717) is 13.1 Å². The highest BCUT2D eigenvalue weighted by atomic mass is 32.2. The Morgan fingerprint density at radius 2 is 2.00 bits per heavy atom. The molecule has 13 heavy (non-hydrogen) atoms.